The molecule has 2 heterocycles. The van der Waals surface area contributed by atoms with E-state index in [1.54, 1.807) is 0 Å². The van der Waals surface area contributed by atoms with Crippen molar-refractivity contribution in [1.29, 1.82) is 0 Å². The highest BCUT2D eigenvalue weighted by molar-refractivity contribution is 5.55. The minimum Gasteiger partial charge on any atom is -0.326 e. The highest BCUT2D eigenvalue weighted by atomic mass is 15.1. The third kappa shape index (κ3) is 2.87. The van der Waals surface area contributed by atoms with Gasteiger partial charge in [0.15, 0.2) is 0 Å². The second kappa shape index (κ2) is 5.52. The minimum atomic E-state index is 0.839. The van der Waals surface area contributed by atoms with Gasteiger partial charge in [0.2, 0.25) is 0 Å². The summed E-state index contributed by atoms with van der Waals surface area (Å²) in [5, 5.41) is 0. The highest BCUT2D eigenvalue weighted by Crippen LogP contribution is 2.21. The summed E-state index contributed by atoms with van der Waals surface area (Å²) >= 11 is 0. The van der Waals surface area contributed by atoms with Gasteiger partial charge in [0.05, 0.1) is 5.69 Å². The van der Waals surface area contributed by atoms with Crippen LogP contribution in [0.2, 0.25) is 0 Å². The summed E-state index contributed by atoms with van der Waals surface area (Å²) in [4.78, 5) is 8.74. The molecule has 3 heteroatoms. The first-order valence-corrected chi connectivity index (χ1v) is 7.14. The standard InChI is InChI=1S/C18H19N3/c1-13-4-5-14(2)17(10-13)12-21-11-15(3)20-18(21)16-6-8-19-9-7-16/h4-11H,12H2,1-3H3. The molecule has 0 aliphatic heterocycles. The molecule has 0 saturated heterocycles. The molecule has 3 aromatic rings. The summed E-state index contributed by atoms with van der Waals surface area (Å²) in [7, 11) is 0. The summed E-state index contributed by atoms with van der Waals surface area (Å²) in [6.07, 6.45) is 5.72. The van der Waals surface area contributed by atoms with Crippen molar-refractivity contribution in [3.63, 3.8) is 0 Å². The fourth-order valence-corrected chi connectivity index (χ4v) is 2.55. The van der Waals surface area contributed by atoms with Crippen LogP contribution in [0, 0.1) is 20.8 Å². The number of hydrogen-bond donors (Lipinski definition) is 0. The molecule has 0 aliphatic rings. The van der Waals surface area contributed by atoms with Crippen LogP contribution in [0.1, 0.15) is 22.4 Å². The van der Waals surface area contributed by atoms with E-state index in [-0.39, 0.29) is 0 Å². The van der Waals surface area contributed by atoms with E-state index in [9.17, 15) is 0 Å². The van der Waals surface area contributed by atoms with Crippen LogP contribution in [-0.2, 0) is 6.54 Å². The lowest BCUT2D eigenvalue weighted by molar-refractivity contribution is 0.800. The third-order valence-corrected chi connectivity index (χ3v) is 3.68. The Balaban J connectivity index is 2.02. The predicted octanol–water partition coefficient (Wildman–Crippen LogP) is 3.92. The zero-order chi connectivity index (χ0) is 14.8. The van der Waals surface area contributed by atoms with Crippen molar-refractivity contribution < 1.29 is 0 Å². The fourth-order valence-electron chi connectivity index (χ4n) is 2.55. The van der Waals surface area contributed by atoms with E-state index in [0.717, 1.165) is 23.6 Å². The number of nitrogens with zero attached hydrogens (tertiary/aromatic N) is 3. The first-order chi connectivity index (χ1) is 10.1. The van der Waals surface area contributed by atoms with Crippen molar-refractivity contribution in [1.82, 2.24) is 14.5 Å². The van der Waals surface area contributed by atoms with Crippen molar-refractivity contribution in [3.05, 3.63) is 71.3 Å². The molecule has 3 nitrogen and oxygen atoms in total. The number of aromatic nitrogens is 3. The van der Waals surface area contributed by atoms with Gasteiger partial charge >= 0.3 is 0 Å². The molecular weight excluding hydrogens is 258 g/mol. The quantitative estimate of drug-likeness (QED) is 0.726. The summed E-state index contributed by atoms with van der Waals surface area (Å²) in [6.45, 7) is 7.16. The molecule has 0 saturated carbocycles. The molecule has 0 fully saturated rings. The average molecular weight is 277 g/mol. The Hall–Kier alpha value is -2.42. The minimum absolute atomic E-state index is 0.839. The van der Waals surface area contributed by atoms with Crippen molar-refractivity contribution in [2.75, 3.05) is 0 Å². The van der Waals surface area contributed by atoms with Crippen LogP contribution in [0.5, 0.6) is 0 Å². The first kappa shape index (κ1) is 13.6. The fraction of sp³-hybridized carbons (Fsp3) is 0.222. The van der Waals surface area contributed by atoms with Gasteiger partial charge in [-0.2, -0.15) is 0 Å². The molecule has 0 bridgehead atoms. The Bertz CT molecular complexity index is 757. The summed E-state index contributed by atoms with van der Waals surface area (Å²) < 4.78 is 2.21. The smallest absolute Gasteiger partial charge is 0.140 e. The van der Waals surface area contributed by atoms with E-state index in [1.165, 1.54) is 16.7 Å². The lowest BCUT2D eigenvalue weighted by Crippen LogP contribution is -2.03. The molecule has 0 atom stereocenters. The van der Waals surface area contributed by atoms with Gasteiger partial charge in [-0.15, -0.1) is 0 Å². The molecule has 0 amide bonds. The van der Waals surface area contributed by atoms with Crippen LogP contribution in [0.3, 0.4) is 0 Å². The molecule has 0 aliphatic carbocycles. The molecule has 106 valence electrons. The summed E-state index contributed by atoms with van der Waals surface area (Å²) in [6, 6.07) is 10.6. The van der Waals surface area contributed by atoms with E-state index in [0.29, 0.717) is 0 Å². The number of benzene rings is 1. The summed E-state index contributed by atoms with van der Waals surface area (Å²) in [5.74, 6) is 0.996. The molecule has 1 aromatic carbocycles. The number of hydrogen-bond acceptors (Lipinski definition) is 2. The van der Waals surface area contributed by atoms with Crippen LogP contribution >= 0.6 is 0 Å². The molecule has 0 unspecified atom stereocenters. The van der Waals surface area contributed by atoms with Crippen molar-refractivity contribution in [3.8, 4) is 11.4 Å². The van der Waals surface area contributed by atoms with E-state index < -0.39 is 0 Å². The zero-order valence-corrected chi connectivity index (χ0v) is 12.7. The van der Waals surface area contributed by atoms with Gasteiger partial charge in [-0.3, -0.25) is 4.98 Å². The molecular formula is C18H19N3. The SMILES string of the molecule is Cc1ccc(C)c(Cn2cc(C)nc2-c2ccncc2)c1. The van der Waals surface area contributed by atoms with E-state index in [1.807, 2.05) is 31.5 Å². The number of rotatable bonds is 3. The second-order valence-corrected chi connectivity index (χ2v) is 5.50. The van der Waals surface area contributed by atoms with Gasteiger partial charge < -0.3 is 4.57 Å². The maximum atomic E-state index is 4.66. The molecule has 2 aromatic heterocycles. The second-order valence-electron chi connectivity index (χ2n) is 5.50. The van der Waals surface area contributed by atoms with Gasteiger partial charge in [0.25, 0.3) is 0 Å². The van der Waals surface area contributed by atoms with Gasteiger partial charge in [0, 0.05) is 30.7 Å². The maximum Gasteiger partial charge on any atom is 0.140 e. The number of imidazole rings is 1. The molecule has 3 rings (SSSR count). The Morgan fingerprint density at radius 3 is 2.52 bits per heavy atom. The predicted molar refractivity (Wildman–Crippen MR) is 85.2 cm³/mol. The largest absolute Gasteiger partial charge is 0.326 e. The Labute approximate surface area is 125 Å². The molecule has 21 heavy (non-hydrogen) atoms. The van der Waals surface area contributed by atoms with Crippen LogP contribution in [-0.4, -0.2) is 14.5 Å². The average Bonchev–Trinajstić information content (AvgIpc) is 2.85. The Morgan fingerprint density at radius 1 is 1.00 bits per heavy atom. The topological polar surface area (TPSA) is 30.7 Å². The van der Waals surface area contributed by atoms with Gasteiger partial charge in [0.1, 0.15) is 5.82 Å². The van der Waals surface area contributed by atoms with Gasteiger partial charge in [-0.1, -0.05) is 23.8 Å². The Kier molecular flexibility index (Phi) is 3.57. The van der Waals surface area contributed by atoms with E-state index >= 15 is 0 Å². The first-order valence-electron chi connectivity index (χ1n) is 7.14. The Morgan fingerprint density at radius 2 is 1.76 bits per heavy atom. The van der Waals surface area contributed by atoms with Crippen LogP contribution in [0.15, 0.2) is 48.9 Å². The van der Waals surface area contributed by atoms with Crippen molar-refractivity contribution in [2.45, 2.75) is 27.3 Å². The molecule has 0 spiro atoms. The normalized spacial score (nSPS) is 10.8. The lowest BCUT2D eigenvalue weighted by Gasteiger charge is -2.11. The molecule has 0 radical (unpaired) electrons. The summed E-state index contributed by atoms with van der Waals surface area (Å²) in [5.41, 5.74) is 6.07. The zero-order valence-electron chi connectivity index (χ0n) is 12.7. The maximum absolute atomic E-state index is 4.66. The van der Waals surface area contributed by atoms with Crippen LogP contribution < -0.4 is 0 Å². The van der Waals surface area contributed by atoms with Crippen LogP contribution in [0.25, 0.3) is 11.4 Å². The number of pyridine rings is 1. The lowest BCUT2D eigenvalue weighted by atomic mass is 10.1. The van der Waals surface area contributed by atoms with Crippen LogP contribution in [0.4, 0.5) is 0 Å². The highest BCUT2D eigenvalue weighted by Gasteiger charge is 2.09. The van der Waals surface area contributed by atoms with E-state index in [2.05, 4.69) is 52.8 Å². The molecule has 0 N–H and O–H groups in total. The third-order valence-electron chi connectivity index (χ3n) is 3.68. The van der Waals surface area contributed by atoms with Gasteiger partial charge in [-0.25, -0.2) is 4.98 Å². The monoisotopic (exact) mass is 277 g/mol. The number of aryl methyl sites for hydroxylation is 3. The van der Waals surface area contributed by atoms with Gasteiger partial charge in [-0.05, 0) is 44.0 Å². The van der Waals surface area contributed by atoms with E-state index in [4.69, 9.17) is 0 Å². The van der Waals surface area contributed by atoms with Crippen molar-refractivity contribution in [2.24, 2.45) is 0 Å². The van der Waals surface area contributed by atoms with Crippen molar-refractivity contribution >= 4 is 0 Å².